The molecule has 0 spiro atoms. The van der Waals surface area contributed by atoms with E-state index in [1.807, 2.05) is 0 Å². The van der Waals surface area contributed by atoms with Crippen molar-refractivity contribution in [2.24, 2.45) is 10.8 Å². The van der Waals surface area contributed by atoms with Crippen LogP contribution in [0.15, 0.2) is 70.5 Å². The van der Waals surface area contributed by atoms with Gasteiger partial charge in [0.2, 0.25) is 18.7 Å². The number of thioether (sulfide) groups is 2. The van der Waals surface area contributed by atoms with Crippen molar-refractivity contribution < 1.29 is 8.42 Å². The van der Waals surface area contributed by atoms with Crippen molar-refractivity contribution in [1.82, 2.24) is 0 Å². The summed E-state index contributed by atoms with van der Waals surface area (Å²) in [5.41, 5.74) is -4.53. The molecule has 0 aromatic heterocycles. The summed E-state index contributed by atoms with van der Waals surface area (Å²) in [5.74, 6) is -0.285. The highest BCUT2D eigenvalue weighted by molar-refractivity contribution is 8.31. The van der Waals surface area contributed by atoms with E-state index in [0.717, 1.165) is 23.5 Å². The zero-order valence-corrected chi connectivity index (χ0v) is 17.3. The second kappa shape index (κ2) is 7.47. The fraction of sp³-hybridized carbons (Fsp3) is 0.200. The fourth-order valence-corrected chi connectivity index (χ4v) is 9.68. The molecule has 1 fully saturated rings. The molecule has 1 atom stereocenters. The van der Waals surface area contributed by atoms with Crippen LogP contribution >= 0.6 is 23.5 Å². The van der Waals surface area contributed by atoms with Crippen LogP contribution in [0.25, 0.3) is 0 Å². The molecule has 2 aromatic carbocycles. The quantitative estimate of drug-likeness (QED) is 0.709. The van der Waals surface area contributed by atoms with Gasteiger partial charge in [-0.3, -0.25) is 0 Å². The number of hydrogen-bond acceptors (Lipinski definition) is 8. The Balaban J connectivity index is 2.40. The van der Waals surface area contributed by atoms with E-state index in [1.54, 1.807) is 60.7 Å². The number of hydrogen-bond donors (Lipinski definition) is 0. The van der Waals surface area contributed by atoms with Crippen LogP contribution in [-0.4, -0.2) is 17.6 Å². The van der Waals surface area contributed by atoms with E-state index >= 15 is 0 Å². The van der Waals surface area contributed by atoms with Gasteiger partial charge in [0.15, 0.2) is 5.41 Å². The minimum Gasteiger partial charge on any atom is -0.221 e. The van der Waals surface area contributed by atoms with E-state index in [2.05, 4.69) is 0 Å². The third-order valence-electron chi connectivity index (χ3n) is 4.70. The van der Waals surface area contributed by atoms with Gasteiger partial charge in [-0.05, 0) is 24.3 Å². The van der Waals surface area contributed by atoms with Crippen LogP contribution in [0.3, 0.4) is 0 Å². The third kappa shape index (κ3) is 2.71. The Kier molecular flexibility index (Phi) is 5.35. The summed E-state index contributed by atoms with van der Waals surface area (Å²) in [6.07, 6.45) is 0. The standard InChI is InChI=1S/C20H12N4O2S3/c21-11-18(12-22)15-27-20(19(18,13-23)14-24,28-16-7-3-1-4-8-16)29(25,26)17-9-5-2-6-10-17/h1-10H,15H2/t20-/m1/s1. The van der Waals surface area contributed by atoms with E-state index in [0.29, 0.717) is 4.90 Å². The molecule has 2 aromatic rings. The Hall–Kier alpha value is -2.95. The molecular weight excluding hydrogens is 424 g/mol. The molecule has 6 nitrogen and oxygen atoms in total. The average Bonchev–Trinajstić information content (AvgIpc) is 3.06. The summed E-state index contributed by atoms with van der Waals surface area (Å²) in [6.45, 7) is 0. The van der Waals surface area contributed by atoms with Gasteiger partial charge in [0, 0.05) is 10.6 Å². The molecule has 142 valence electrons. The fourth-order valence-electron chi connectivity index (χ4n) is 3.13. The van der Waals surface area contributed by atoms with E-state index < -0.39 is 24.1 Å². The van der Waals surface area contributed by atoms with Crippen molar-refractivity contribution in [2.45, 2.75) is 13.2 Å². The van der Waals surface area contributed by atoms with Gasteiger partial charge in [-0.25, -0.2) is 8.42 Å². The maximum absolute atomic E-state index is 13.9. The molecule has 0 saturated carbocycles. The zero-order chi connectivity index (χ0) is 21.2. The molecule has 3 rings (SSSR count). The van der Waals surface area contributed by atoms with Gasteiger partial charge in [-0.2, -0.15) is 21.0 Å². The molecule has 0 unspecified atom stereocenters. The van der Waals surface area contributed by atoms with Crippen LogP contribution < -0.4 is 0 Å². The number of sulfone groups is 1. The molecule has 1 aliphatic rings. The lowest BCUT2D eigenvalue weighted by atomic mass is 9.69. The highest BCUT2D eigenvalue weighted by atomic mass is 32.3. The molecule has 0 amide bonds. The number of rotatable bonds is 4. The molecule has 9 heteroatoms. The van der Waals surface area contributed by atoms with Crippen LogP contribution in [0.4, 0.5) is 0 Å². The van der Waals surface area contributed by atoms with Crippen molar-refractivity contribution in [3.63, 3.8) is 0 Å². The highest BCUT2D eigenvalue weighted by Gasteiger charge is 2.78. The molecule has 29 heavy (non-hydrogen) atoms. The second-order valence-electron chi connectivity index (χ2n) is 6.18. The molecule has 0 aliphatic carbocycles. The Labute approximate surface area is 177 Å². The average molecular weight is 437 g/mol. The molecule has 0 N–H and O–H groups in total. The first-order valence-corrected chi connectivity index (χ1v) is 11.5. The molecule has 1 heterocycles. The summed E-state index contributed by atoms with van der Waals surface area (Å²) in [5, 5.41) is 39.7. The minimum atomic E-state index is -4.34. The second-order valence-corrected chi connectivity index (χ2v) is 11.5. The van der Waals surface area contributed by atoms with Gasteiger partial charge in [-0.15, -0.1) is 11.8 Å². The lowest BCUT2D eigenvalue weighted by molar-refractivity contribution is 0.361. The van der Waals surface area contributed by atoms with Crippen molar-refractivity contribution in [3.8, 4) is 24.3 Å². The molecule has 1 aliphatic heterocycles. The number of benzene rings is 2. The summed E-state index contributed by atoms with van der Waals surface area (Å²) < 4.78 is 25.6. The van der Waals surface area contributed by atoms with Crippen LogP contribution in [0.1, 0.15) is 0 Å². The Morgan fingerprint density at radius 2 is 1.34 bits per heavy atom. The molecular formula is C20H12N4O2S3. The molecule has 0 bridgehead atoms. The monoisotopic (exact) mass is 436 g/mol. The predicted molar refractivity (Wildman–Crippen MR) is 108 cm³/mol. The summed E-state index contributed by atoms with van der Waals surface area (Å²) >= 11 is 1.60. The summed E-state index contributed by atoms with van der Waals surface area (Å²) in [6, 6.07) is 23.1. The Morgan fingerprint density at radius 3 is 1.83 bits per heavy atom. The maximum atomic E-state index is 13.9. The summed E-state index contributed by atoms with van der Waals surface area (Å²) in [4.78, 5) is 0.415. The highest BCUT2D eigenvalue weighted by Crippen LogP contribution is 2.69. The lowest BCUT2D eigenvalue weighted by Gasteiger charge is -2.37. The first-order chi connectivity index (χ1) is 13.9. The largest absolute Gasteiger partial charge is 0.221 e. The third-order valence-corrected chi connectivity index (χ3v) is 11.5. The first-order valence-electron chi connectivity index (χ1n) is 8.21. The Bertz CT molecular complexity index is 1170. The van der Waals surface area contributed by atoms with Crippen molar-refractivity contribution >= 4 is 33.4 Å². The van der Waals surface area contributed by atoms with Gasteiger partial charge < -0.3 is 0 Å². The van der Waals surface area contributed by atoms with E-state index in [-0.39, 0.29) is 10.6 Å². The number of nitrogens with zero attached hydrogens (tertiary/aromatic N) is 4. The van der Waals surface area contributed by atoms with Crippen molar-refractivity contribution in [3.05, 3.63) is 60.7 Å². The normalized spacial score (nSPS) is 21.8. The van der Waals surface area contributed by atoms with Gasteiger partial charge >= 0.3 is 0 Å². The van der Waals surface area contributed by atoms with Gasteiger partial charge in [0.05, 0.1) is 29.2 Å². The van der Waals surface area contributed by atoms with Gasteiger partial charge in [0.1, 0.15) is 0 Å². The smallest absolute Gasteiger partial charge is 0.214 e. The van der Waals surface area contributed by atoms with Gasteiger partial charge in [-0.1, -0.05) is 48.2 Å². The van der Waals surface area contributed by atoms with Crippen LogP contribution in [0, 0.1) is 56.2 Å². The zero-order valence-electron chi connectivity index (χ0n) is 14.8. The molecule has 1 saturated heterocycles. The topological polar surface area (TPSA) is 129 Å². The number of nitriles is 4. The van der Waals surface area contributed by atoms with Crippen LogP contribution in [0.2, 0.25) is 0 Å². The summed E-state index contributed by atoms with van der Waals surface area (Å²) in [7, 11) is -4.34. The SMILES string of the molecule is N#CC1(C#N)CS[C@](Sc2ccccc2)(S(=O)(=O)c2ccccc2)C1(C#N)C#N. The Morgan fingerprint density at radius 1 is 0.828 bits per heavy atom. The van der Waals surface area contributed by atoms with Crippen LogP contribution in [-0.2, 0) is 9.84 Å². The molecule has 0 radical (unpaired) electrons. The minimum absolute atomic E-state index is 0.0857. The van der Waals surface area contributed by atoms with Crippen molar-refractivity contribution in [1.29, 1.82) is 21.0 Å². The lowest BCUT2D eigenvalue weighted by Crippen LogP contribution is -2.51. The van der Waals surface area contributed by atoms with Crippen molar-refractivity contribution in [2.75, 3.05) is 5.75 Å². The van der Waals surface area contributed by atoms with E-state index in [9.17, 15) is 29.5 Å². The first kappa shape index (κ1) is 20.8. The predicted octanol–water partition coefficient (Wildman–Crippen LogP) is 3.72. The van der Waals surface area contributed by atoms with E-state index in [4.69, 9.17) is 0 Å². The maximum Gasteiger partial charge on any atom is 0.214 e. The van der Waals surface area contributed by atoms with Gasteiger partial charge in [0.25, 0.3) is 0 Å². The van der Waals surface area contributed by atoms with Crippen LogP contribution in [0.5, 0.6) is 0 Å². The van der Waals surface area contributed by atoms with E-state index in [1.165, 1.54) is 24.3 Å².